The molecule has 0 saturated carbocycles. The van der Waals surface area contributed by atoms with E-state index < -0.39 is 20.0 Å². The van der Waals surface area contributed by atoms with Gasteiger partial charge in [-0.2, -0.15) is 0 Å². The Kier molecular flexibility index (Phi) is 10.9. The molecular weight excluding hydrogens is 742 g/mol. The van der Waals surface area contributed by atoms with Crippen molar-refractivity contribution < 1.29 is 44.8 Å². The van der Waals surface area contributed by atoms with Crippen LogP contribution >= 0.6 is 0 Å². The minimum absolute atomic E-state index is 0. The fraction of sp³-hybridized carbons (Fsp3) is 0.317. The van der Waals surface area contributed by atoms with E-state index in [-0.39, 0.29) is 24.8 Å². The average Bonchev–Trinajstić information content (AvgIpc) is 3.58. The Morgan fingerprint density at radius 3 is 1.34 bits per heavy atom. The van der Waals surface area contributed by atoms with Gasteiger partial charge in [0.1, 0.15) is 0 Å². The van der Waals surface area contributed by atoms with E-state index in [4.69, 9.17) is 0 Å². The summed E-state index contributed by atoms with van der Waals surface area (Å²) in [4.78, 5) is 0. The number of allylic oxidation sites excluding steroid dienone is 2. The first-order chi connectivity index (χ1) is 20.7. The van der Waals surface area contributed by atoms with Gasteiger partial charge in [0.15, 0.2) is 0 Å². The largest absolute Gasteiger partial charge is 1.00 e. The third-order valence-corrected chi connectivity index (χ3v) is 32.9. The molecule has 0 bridgehead atoms. The number of fused-ring (bicyclic) bond motifs is 2. The summed E-state index contributed by atoms with van der Waals surface area (Å²) in [6, 6.07) is 36.8. The minimum Gasteiger partial charge on any atom is -1.00 e. The van der Waals surface area contributed by atoms with Crippen molar-refractivity contribution in [1.82, 2.24) is 0 Å². The number of benzene rings is 4. The molecule has 0 radical (unpaired) electrons. The molecule has 3 aliphatic rings. The molecule has 4 aromatic rings. The van der Waals surface area contributed by atoms with Crippen LogP contribution in [0.15, 0.2) is 108 Å². The van der Waals surface area contributed by atoms with E-state index in [0.717, 1.165) is 7.35 Å². The van der Waals surface area contributed by atoms with E-state index in [1.54, 1.807) is 41.8 Å². The third kappa shape index (κ3) is 5.78. The topological polar surface area (TPSA) is 0 Å². The van der Waals surface area contributed by atoms with Crippen LogP contribution in [0.4, 0.5) is 0 Å². The summed E-state index contributed by atoms with van der Waals surface area (Å²) in [6.45, 7) is 4.72. The first-order valence-corrected chi connectivity index (χ1v) is 25.8. The van der Waals surface area contributed by atoms with Crippen LogP contribution in [0.3, 0.4) is 0 Å². The smallest absolute Gasteiger partial charge is 1.00 e. The average molecular weight is 786 g/mol. The van der Waals surface area contributed by atoms with Crippen molar-refractivity contribution in [2.75, 3.05) is 0 Å². The first-order valence-electron chi connectivity index (χ1n) is 16.5. The molecule has 3 heteroatoms. The van der Waals surface area contributed by atoms with E-state index in [9.17, 15) is 0 Å². The fourth-order valence-corrected chi connectivity index (χ4v) is 31.3. The van der Waals surface area contributed by atoms with Gasteiger partial charge in [0.05, 0.1) is 0 Å². The quantitative estimate of drug-likeness (QED) is 0.164. The van der Waals surface area contributed by atoms with Gasteiger partial charge in [-0.3, -0.25) is 0 Å². The van der Waals surface area contributed by atoms with Crippen LogP contribution in [0.5, 0.6) is 0 Å². The van der Waals surface area contributed by atoms with Crippen LogP contribution in [0.25, 0.3) is 34.4 Å². The number of halogens is 2. The zero-order chi connectivity index (χ0) is 28.5. The molecule has 0 N–H and O–H groups in total. The van der Waals surface area contributed by atoms with Crippen molar-refractivity contribution in [3.8, 4) is 22.3 Å². The van der Waals surface area contributed by atoms with Crippen LogP contribution in [-0.2, 0) is 20.0 Å². The molecule has 1 heterocycles. The Morgan fingerprint density at radius 2 is 0.977 bits per heavy atom. The summed E-state index contributed by atoms with van der Waals surface area (Å²) in [5.41, 5.74) is 15.6. The number of hydrogen-bond acceptors (Lipinski definition) is 0. The molecule has 7 rings (SSSR count). The normalized spacial score (nSPS) is 18.3. The van der Waals surface area contributed by atoms with Gasteiger partial charge in [0.2, 0.25) is 0 Å². The van der Waals surface area contributed by atoms with E-state index >= 15 is 0 Å². The van der Waals surface area contributed by atoms with Gasteiger partial charge >= 0.3 is 259 Å². The van der Waals surface area contributed by atoms with Gasteiger partial charge in [-0.05, 0) is 0 Å². The van der Waals surface area contributed by atoms with Crippen molar-refractivity contribution in [3.63, 3.8) is 0 Å². The molecule has 4 aromatic carbocycles. The molecule has 2 atom stereocenters. The molecular formula is C41H44Cl2Hf. The molecule has 0 aromatic heterocycles. The van der Waals surface area contributed by atoms with Crippen LogP contribution in [0.1, 0.15) is 88.4 Å². The van der Waals surface area contributed by atoms with Gasteiger partial charge in [-0.25, -0.2) is 0 Å². The Labute approximate surface area is 282 Å². The SMILES string of the molecule is CCCCC1=Cc2c(-c3ccccc3)cccc2[CH]1[Hf+2]1([CH]2C(CCCC)=Cc3c(-c4ccccc4)cccc32)[CH2]C[CH2]1.[Cl-].[Cl-]. The Balaban J connectivity index is 0.00000192. The molecule has 44 heavy (non-hydrogen) atoms. The number of rotatable bonds is 10. The maximum atomic E-state index is 2.68. The molecule has 2 unspecified atom stereocenters. The molecule has 226 valence electrons. The van der Waals surface area contributed by atoms with E-state index in [2.05, 4.69) is 123 Å². The summed E-state index contributed by atoms with van der Waals surface area (Å²) in [7, 11) is 0. The van der Waals surface area contributed by atoms with E-state index in [1.165, 1.54) is 67.2 Å². The van der Waals surface area contributed by atoms with Crippen molar-refractivity contribution >= 4 is 12.2 Å². The van der Waals surface area contributed by atoms with Crippen LogP contribution in [0.2, 0.25) is 8.35 Å². The Morgan fingerprint density at radius 1 is 0.545 bits per heavy atom. The monoisotopic (exact) mass is 786 g/mol. The van der Waals surface area contributed by atoms with Crippen LogP contribution in [-0.4, -0.2) is 0 Å². The minimum atomic E-state index is -3.01. The first kappa shape index (κ1) is 33.2. The van der Waals surface area contributed by atoms with Gasteiger partial charge in [-0.15, -0.1) is 0 Å². The van der Waals surface area contributed by atoms with Gasteiger partial charge in [0, 0.05) is 0 Å². The van der Waals surface area contributed by atoms with Gasteiger partial charge in [0.25, 0.3) is 0 Å². The second-order valence-corrected chi connectivity index (χ2v) is 29.5. The van der Waals surface area contributed by atoms with Crippen LogP contribution in [0, 0.1) is 0 Å². The van der Waals surface area contributed by atoms with Crippen molar-refractivity contribution in [2.24, 2.45) is 0 Å². The Hall–Kier alpha value is -2.19. The number of hydrogen-bond donors (Lipinski definition) is 0. The fourth-order valence-electron chi connectivity index (χ4n) is 8.55. The third-order valence-electron chi connectivity index (χ3n) is 10.5. The summed E-state index contributed by atoms with van der Waals surface area (Å²) >= 11 is -3.01. The molecule has 0 spiro atoms. The van der Waals surface area contributed by atoms with E-state index in [1.807, 2.05) is 0 Å². The summed E-state index contributed by atoms with van der Waals surface area (Å²) in [5, 5.41) is 0. The second-order valence-electron chi connectivity index (χ2n) is 12.9. The summed E-state index contributed by atoms with van der Waals surface area (Å²) < 4.78 is 4.52. The maximum absolute atomic E-state index is 3.01. The second kappa shape index (κ2) is 14.5. The van der Waals surface area contributed by atoms with Gasteiger partial charge < -0.3 is 24.8 Å². The van der Waals surface area contributed by atoms with Gasteiger partial charge in [-0.1, -0.05) is 0 Å². The van der Waals surface area contributed by atoms with Crippen molar-refractivity contribution in [3.05, 3.63) is 130 Å². The molecule has 0 nitrogen and oxygen atoms in total. The molecule has 1 aliphatic heterocycles. The maximum Gasteiger partial charge on any atom is -1.00 e. The van der Waals surface area contributed by atoms with Crippen LogP contribution < -0.4 is 24.8 Å². The summed E-state index contributed by atoms with van der Waals surface area (Å²) in [5.74, 6) is 0. The zero-order valence-corrected chi connectivity index (χ0v) is 31.3. The molecule has 1 saturated heterocycles. The standard InChI is InChI=1S/2C19H19.C3H6.2ClH.Hf/c2*1-2-3-8-15-13-17-11-7-12-18(19(17)14-15)16-9-5-4-6-10-16;1-3-2;;;/h2*4-7,9-14H,2-3,8H2,1H3;1-3H2;2*1H;/q;;;;;+2/p-2. The molecule has 2 aliphatic carbocycles. The predicted octanol–water partition coefficient (Wildman–Crippen LogP) is 6.38. The zero-order valence-electron chi connectivity index (χ0n) is 26.2. The van der Waals surface area contributed by atoms with Crippen molar-refractivity contribution in [2.45, 2.75) is 74.5 Å². The Bertz CT molecular complexity index is 1510. The number of unbranched alkanes of at least 4 members (excludes halogenated alkanes) is 2. The predicted molar refractivity (Wildman–Crippen MR) is 178 cm³/mol. The molecule has 0 amide bonds. The molecule has 1 fully saturated rings. The summed E-state index contributed by atoms with van der Waals surface area (Å²) in [6.07, 6.45) is 14.5. The van der Waals surface area contributed by atoms with E-state index in [0.29, 0.717) is 0 Å². The van der Waals surface area contributed by atoms with Crippen molar-refractivity contribution in [1.29, 1.82) is 0 Å².